The molecular weight excluding hydrogens is 270 g/mol. The summed E-state index contributed by atoms with van der Waals surface area (Å²) in [5.74, 6) is 0.587. The van der Waals surface area contributed by atoms with Crippen LogP contribution in [0, 0.1) is 5.92 Å². The van der Waals surface area contributed by atoms with Crippen molar-refractivity contribution in [3.8, 4) is 0 Å². The van der Waals surface area contributed by atoms with Crippen LogP contribution in [0.1, 0.15) is 39.2 Å². The van der Waals surface area contributed by atoms with Gasteiger partial charge in [0.1, 0.15) is 0 Å². The molecule has 0 heterocycles. The Hall–Kier alpha value is -0.570. The smallest absolute Gasteiger partial charge is 0.0622 e. The van der Waals surface area contributed by atoms with E-state index in [2.05, 4.69) is 38.2 Å². The van der Waals surface area contributed by atoms with Crippen LogP contribution < -0.4 is 5.32 Å². The lowest BCUT2D eigenvalue weighted by Gasteiger charge is -2.26. The first-order chi connectivity index (χ1) is 9.48. The lowest BCUT2D eigenvalue weighted by atomic mass is 9.90. The summed E-state index contributed by atoms with van der Waals surface area (Å²) in [6, 6.07) is 8.15. The minimum Gasteiger partial charge on any atom is -0.379 e. The van der Waals surface area contributed by atoms with Crippen molar-refractivity contribution in [2.75, 3.05) is 20.2 Å². The molecule has 0 aliphatic carbocycles. The number of methoxy groups -OCH3 is 1. The maximum absolute atomic E-state index is 6.27. The number of hydrogen-bond donors (Lipinski definition) is 1. The van der Waals surface area contributed by atoms with Crippen molar-refractivity contribution in [1.29, 1.82) is 0 Å². The molecular formula is C17H28ClNO. The summed E-state index contributed by atoms with van der Waals surface area (Å²) < 4.78 is 5.52. The zero-order chi connectivity index (χ0) is 15.0. The van der Waals surface area contributed by atoms with E-state index in [1.807, 2.05) is 12.1 Å². The Morgan fingerprint density at radius 3 is 2.60 bits per heavy atom. The van der Waals surface area contributed by atoms with Crippen LogP contribution in [-0.4, -0.2) is 25.8 Å². The molecule has 0 bridgehead atoms. The third-order valence-corrected chi connectivity index (χ3v) is 4.23. The summed E-state index contributed by atoms with van der Waals surface area (Å²) in [6.07, 6.45) is 3.22. The first-order valence-corrected chi connectivity index (χ1v) is 7.85. The van der Waals surface area contributed by atoms with Crippen LogP contribution in [0.3, 0.4) is 0 Å². The van der Waals surface area contributed by atoms with E-state index in [0.29, 0.717) is 5.92 Å². The Balaban J connectivity index is 2.62. The number of nitrogens with one attached hydrogen (secondary N) is 1. The van der Waals surface area contributed by atoms with Gasteiger partial charge in [-0.15, -0.1) is 0 Å². The van der Waals surface area contributed by atoms with E-state index in [9.17, 15) is 0 Å². The molecule has 0 saturated heterocycles. The maximum atomic E-state index is 6.27. The van der Waals surface area contributed by atoms with Gasteiger partial charge in [-0.05, 0) is 63.7 Å². The molecule has 0 saturated carbocycles. The molecule has 0 aromatic heterocycles. The van der Waals surface area contributed by atoms with E-state index in [1.54, 1.807) is 7.11 Å². The second-order valence-corrected chi connectivity index (χ2v) is 6.38. The van der Waals surface area contributed by atoms with E-state index in [-0.39, 0.29) is 5.60 Å². The van der Waals surface area contributed by atoms with E-state index in [0.717, 1.165) is 37.4 Å². The van der Waals surface area contributed by atoms with Crippen LogP contribution in [0.4, 0.5) is 0 Å². The Kier molecular flexibility index (Phi) is 7.57. The second-order valence-electron chi connectivity index (χ2n) is 5.97. The Morgan fingerprint density at radius 1 is 1.30 bits per heavy atom. The molecule has 2 nitrogen and oxygen atoms in total. The molecule has 1 atom stereocenters. The molecule has 0 aliphatic rings. The highest BCUT2D eigenvalue weighted by molar-refractivity contribution is 6.31. The summed E-state index contributed by atoms with van der Waals surface area (Å²) in [5, 5.41) is 4.33. The van der Waals surface area contributed by atoms with Gasteiger partial charge < -0.3 is 10.1 Å². The predicted molar refractivity (Wildman–Crippen MR) is 87.5 cm³/mol. The summed E-state index contributed by atoms with van der Waals surface area (Å²) in [5.41, 5.74) is 1.19. The Morgan fingerprint density at radius 2 is 2.00 bits per heavy atom. The third-order valence-electron chi connectivity index (χ3n) is 3.86. The van der Waals surface area contributed by atoms with Crippen LogP contribution in [0.25, 0.3) is 0 Å². The lowest BCUT2D eigenvalue weighted by Crippen LogP contribution is -2.28. The van der Waals surface area contributed by atoms with Gasteiger partial charge in [0.25, 0.3) is 0 Å². The van der Waals surface area contributed by atoms with Gasteiger partial charge in [0.15, 0.2) is 0 Å². The van der Waals surface area contributed by atoms with Gasteiger partial charge in [-0.2, -0.15) is 0 Å². The van der Waals surface area contributed by atoms with Crippen LogP contribution in [-0.2, 0) is 11.2 Å². The molecule has 0 spiro atoms. The standard InChI is InChI=1S/C17H28ClNO/c1-5-19-13-14(10-11-17(2,3)20-4)12-15-8-6-7-9-16(15)18/h6-9,14,19H,5,10-13H2,1-4H3. The highest BCUT2D eigenvalue weighted by Gasteiger charge is 2.20. The predicted octanol–water partition coefficient (Wildman–Crippen LogP) is 4.31. The monoisotopic (exact) mass is 297 g/mol. The van der Waals surface area contributed by atoms with Gasteiger partial charge in [0.2, 0.25) is 0 Å². The maximum Gasteiger partial charge on any atom is 0.0622 e. The molecule has 1 aromatic carbocycles. The van der Waals surface area contributed by atoms with Gasteiger partial charge in [-0.1, -0.05) is 36.7 Å². The highest BCUT2D eigenvalue weighted by atomic mass is 35.5. The number of hydrogen-bond acceptors (Lipinski definition) is 2. The normalized spacial score (nSPS) is 13.4. The first kappa shape index (κ1) is 17.5. The fraction of sp³-hybridized carbons (Fsp3) is 0.647. The molecule has 0 aliphatic heterocycles. The average molecular weight is 298 g/mol. The van der Waals surface area contributed by atoms with E-state index < -0.39 is 0 Å². The Labute approximate surface area is 128 Å². The minimum absolute atomic E-state index is 0.0506. The van der Waals surface area contributed by atoms with Crippen LogP contribution >= 0.6 is 11.6 Å². The topological polar surface area (TPSA) is 21.3 Å². The quantitative estimate of drug-likeness (QED) is 0.733. The molecule has 1 unspecified atom stereocenters. The van der Waals surface area contributed by atoms with Gasteiger partial charge in [-0.25, -0.2) is 0 Å². The molecule has 0 radical (unpaired) electrons. The molecule has 1 N–H and O–H groups in total. The van der Waals surface area contributed by atoms with Gasteiger partial charge in [-0.3, -0.25) is 0 Å². The highest BCUT2D eigenvalue weighted by Crippen LogP contribution is 2.24. The molecule has 20 heavy (non-hydrogen) atoms. The van der Waals surface area contributed by atoms with Gasteiger partial charge in [0.05, 0.1) is 5.60 Å². The van der Waals surface area contributed by atoms with Crippen molar-refractivity contribution in [3.05, 3.63) is 34.9 Å². The van der Waals surface area contributed by atoms with Crippen molar-refractivity contribution in [2.24, 2.45) is 5.92 Å². The van der Waals surface area contributed by atoms with E-state index >= 15 is 0 Å². The zero-order valence-electron chi connectivity index (χ0n) is 13.2. The molecule has 114 valence electrons. The third kappa shape index (κ3) is 6.25. The van der Waals surface area contributed by atoms with E-state index in [4.69, 9.17) is 16.3 Å². The molecule has 3 heteroatoms. The summed E-state index contributed by atoms with van der Waals surface area (Å²) in [4.78, 5) is 0. The SMILES string of the molecule is CCNCC(CCC(C)(C)OC)Cc1ccccc1Cl. The van der Waals surface area contributed by atoms with Crippen LogP contribution in [0.5, 0.6) is 0 Å². The van der Waals surface area contributed by atoms with Crippen molar-refractivity contribution in [1.82, 2.24) is 5.32 Å². The summed E-state index contributed by atoms with van der Waals surface area (Å²) >= 11 is 6.27. The van der Waals surface area contributed by atoms with Crippen LogP contribution in [0.2, 0.25) is 5.02 Å². The summed E-state index contributed by atoms with van der Waals surface area (Å²) in [6.45, 7) is 8.47. The fourth-order valence-electron chi connectivity index (χ4n) is 2.25. The van der Waals surface area contributed by atoms with Crippen molar-refractivity contribution < 1.29 is 4.74 Å². The Bertz CT molecular complexity index is 392. The van der Waals surface area contributed by atoms with Gasteiger partial charge >= 0.3 is 0 Å². The second kappa shape index (κ2) is 8.66. The van der Waals surface area contributed by atoms with Gasteiger partial charge in [0, 0.05) is 12.1 Å². The lowest BCUT2D eigenvalue weighted by molar-refractivity contribution is 0.0104. The number of halogens is 1. The number of rotatable bonds is 9. The van der Waals surface area contributed by atoms with Crippen molar-refractivity contribution >= 4 is 11.6 Å². The molecule has 1 aromatic rings. The number of ether oxygens (including phenoxy) is 1. The largest absolute Gasteiger partial charge is 0.379 e. The fourth-order valence-corrected chi connectivity index (χ4v) is 2.47. The van der Waals surface area contributed by atoms with Crippen molar-refractivity contribution in [3.63, 3.8) is 0 Å². The minimum atomic E-state index is -0.0506. The zero-order valence-corrected chi connectivity index (χ0v) is 14.0. The first-order valence-electron chi connectivity index (χ1n) is 7.47. The van der Waals surface area contributed by atoms with Crippen molar-refractivity contribution in [2.45, 2.75) is 45.6 Å². The van der Waals surface area contributed by atoms with E-state index in [1.165, 1.54) is 5.56 Å². The summed E-state index contributed by atoms with van der Waals surface area (Å²) in [7, 11) is 1.79. The molecule has 0 fully saturated rings. The number of benzene rings is 1. The molecule has 1 rings (SSSR count). The molecule has 0 amide bonds. The van der Waals surface area contributed by atoms with Crippen LogP contribution in [0.15, 0.2) is 24.3 Å². The average Bonchev–Trinajstić information content (AvgIpc) is 2.44.